The summed E-state index contributed by atoms with van der Waals surface area (Å²) in [6, 6.07) is 5.18. The van der Waals surface area contributed by atoms with Crippen molar-refractivity contribution in [3.63, 3.8) is 0 Å². The number of ether oxygens (including phenoxy) is 1. The van der Waals surface area contributed by atoms with Crippen molar-refractivity contribution in [3.05, 3.63) is 53.6 Å². The Balaban J connectivity index is 0.00000114. The molecule has 11 heteroatoms. The van der Waals surface area contributed by atoms with Gasteiger partial charge in [0.25, 0.3) is 5.91 Å². The lowest BCUT2D eigenvalue weighted by atomic mass is 10.0. The fourth-order valence-electron chi connectivity index (χ4n) is 3.18. The smallest absolute Gasteiger partial charge is 0.269 e. The molecule has 0 aromatic carbocycles. The molecule has 1 N–H and O–H groups in total. The van der Waals surface area contributed by atoms with Crippen molar-refractivity contribution < 1.29 is 14.3 Å². The number of amides is 2. The van der Waals surface area contributed by atoms with Gasteiger partial charge >= 0.3 is 0 Å². The summed E-state index contributed by atoms with van der Waals surface area (Å²) in [5.41, 5.74) is 2.18. The highest BCUT2D eigenvalue weighted by atomic mass is 35.5. The lowest BCUT2D eigenvalue weighted by molar-refractivity contribution is -0.128. The molecule has 1 saturated heterocycles. The first-order valence-electron chi connectivity index (χ1n) is 9.72. The molecular weight excluding hydrogens is 452 g/mol. The van der Waals surface area contributed by atoms with Crippen LogP contribution in [-0.4, -0.2) is 83.1 Å². The van der Waals surface area contributed by atoms with E-state index in [1.807, 2.05) is 12.3 Å². The number of nitrogens with one attached hydrogen (secondary N) is 1. The fourth-order valence-corrected chi connectivity index (χ4v) is 4.10. The second kappa shape index (κ2) is 12.5. The number of aromatic nitrogens is 3. The van der Waals surface area contributed by atoms with Crippen LogP contribution in [0.25, 0.3) is 11.4 Å². The molecule has 32 heavy (non-hydrogen) atoms. The number of carbonyl (C=O) groups is 2. The third-order valence-electron chi connectivity index (χ3n) is 4.64. The largest absolute Gasteiger partial charge is 0.388 e. The summed E-state index contributed by atoms with van der Waals surface area (Å²) >= 11 is 7.92. The molecule has 1 atom stereocenters. The van der Waals surface area contributed by atoms with Gasteiger partial charge in [-0.3, -0.25) is 9.59 Å². The van der Waals surface area contributed by atoms with E-state index in [0.717, 1.165) is 12.1 Å². The third kappa shape index (κ3) is 6.49. The predicted molar refractivity (Wildman–Crippen MR) is 126 cm³/mol. The Labute approximate surface area is 197 Å². The fraction of sp³-hybridized carbons (Fsp3) is 0.381. The highest BCUT2D eigenvalue weighted by Crippen LogP contribution is 2.33. The van der Waals surface area contributed by atoms with Crippen LogP contribution in [0.2, 0.25) is 5.15 Å². The van der Waals surface area contributed by atoms with Crippen LogP contribution in [-0.2, 0) is 9.53 Å². The Bertz CT molecular complexity index is 961. The van der Waals surface area contributed by atoms with Gasteiger partial charge in [0.2, 0.25) is 5.91 Å². The molecule has 0 saturated carbocycles. The number of halogens is 1. The summed E-state index contributed by atoms with van der Waals surface area (Å²) < 4.78 is 6.46. The Morgan fingerprint density at radius 1 is 1.25 bits per heavy atom. The van der Waals surface area contributed by atoms with Gasteiger partial charge in [-0.15, -0.1) is 0 Å². The lowest BCUT2D eigenvalue weighted by Gasteiger charge is -2.40. The highest BCUT2D eigenvalue weighted by Gasteiger charge is 2.30. The van der Waals surface area contributed by atoms with Crippen LogP contribution in [0.5, 0.6) is 0 Å². The molecule has 1 aliphatic heterocycles. The van der Waals surface area contributed by atoms with Crippen LogP contribution in [0.1, 0.15) is 22.1 Å². The van der Waals surface area contributed by atoms with Crippen LogP contribution >= 0.6 is 23.5 Å². The molecule has 2 amide bonds. The van der Waals surface area contributed by atoms with E-state index in [0.29, 0.717) is 29.6 Å². The van der Waals surface area contributed by atoms with Gasteiger partial charge in [-0.25, -0.2) is 19.3 Å². The molecule has 172 valence electrons. The molecular formula is C21H27ClN6O3S. The van der Waals surface area contributed by atoms with Crippen molar-refractivity contribution in [1.29, 1.82) is 0 Å². The topological polar surface area (TPSA) is 101 Å². The summed E-state index contributed by atoms with van der Waals surface area (Å²) in [5, 5.41) is 2.85. The van der Waals surface area contributed by atoms with Crippen LogP contribution < -0.4 is 5.32 Å². The van der Waals surface area contributed by atoms with Crippen LogP contribution in [0.4, 0.5) is 0 Å². The van der Waals surface area contributed by atoms with Crippen molar-refractivity contribution in [2.24, 2.45) is 0 Å². The molecule has 0 bridgehead atoms. The maximum absolute atomic E-state index is 12.1. The standard InChI is InChI=1S/C19H21ClN6O2S.C2H6O/c1-4-18(27)25-5-6-26(29-3)16(10-25)12-7-14(24-17(20)8-12)13-9-15(19(28)21-2)23-11-22-13;1-3-2/h4,7-9,11,16H,1,5-6,10H2,2-3H3,(H,21,28);1-2H3. The second-order valence-electron chi connectivity index (χ2n) is 6.71. The van der Waals surface area contributed by atoms with E-state index in [9.17, 15) is 9.59 Å². The molecule has 0 aliphatic carbocycles. The number of nitrogens with zero attached hydrogens (tertiary/aromatic N) is 5. The van der Waals surface area contributed by atoms with Crippen LogP contribution in [0.15, 0.2) is 37.2 Å². The molecule has 3 rings (SSSR count). The van der Waals surface area contributed by atoms with Gasteiger partial charge in [0, 0.05) is 40.9 Å². The van der Waals surface area contributed by atoms with E-state index in [2.05, 4.69) is 35.9 Å². The van der Waals surface area contributed by atoms with Crippen LogP contribution in [0, 0.1) is 0 Å². The number of hydrogen-bond acceptors (Lipinski definition) is 8. The first kappa shape index (κ1) is 25.7. The Morgan fingerprint density at radius 2 is 1.97 bits per heavy atom. The van der Waals surface area contributed by atoms with Gasteiger partial charge in [0.15, 0.2) is 0 Å². The zero-order chi connectivity index (χ0) is 23.7. The Hall–Kier alpha value is -2.53. The molecule has 1 fully saturated rings. The Morgan fingerprint density at radius 3 is 2.59 bits per heavy atom. The van der Waals surface area contributed by atoms with Crippen molar-refractivity contribution in [2.75, 3.05) is 47.2 Å². The monoisotopic (exact) mass is 478 g/mol. The SMILES string of the molecule is C=CC(=O)N1CCN(SC)C(c2cc(Cl)nc(-c3cc(C(=O)NC)ncn3)c2)C1.COC. The second-order valence-corrected chi connectivity index (χ2v) is 7.93. The molecule has 2 aromatic heterocycles. The maximum atomic E-state index is 12.1. The Kier molecular flexibility index (Phi) is 10.0. The number of carbonyl (C=O) groups excluding carboxylic acids is 2. The first-order valence-corrected chi connectivity index (χ1v) is 11.3. The number of rotatable bonds is 5. The summed E-state index contributed by atoms with van der Waals surface area (Å²) in [4.78, 5) is 38.4. The minimum Gasteiger partial charge on any atom is -0.388 e. The van der Waals surface area contributed by atoms with Crippen molar-refractivity contribution in [1.82, 2.24) is 29.5 Å². The molecule has 3 heterocycles. The number of methoxy groups -OCH3 is 1. The average molecular weight is 479 g/mol. The summed E-state index contributed by atoms with van der Waals surface area (Å²) in [6.45, 7) is 5.45. The van der Waals surface area contributed by atoms with E-state index in [1.165, 1.54) is 19.5 Å². The van der Waals surface area contributed by atoms with E-state index in [-0.39, 0.29) is 23.6 Å². The van der Waals surface area contributed by atoms with Gasteiger partial charge in [-0.1, -0.05) is 30.1 Å². The molecule has 1 unspecified atom stereocenters. The van der Waals surface area contributed by atoms with Crippen molar-refractivity contribution >= 4 is 35.4 Å². The molecule has 9 nitrogen and oxygen atoms in total. The molecule has 0 radical (unpaired) electrons. The van der Waals surface area contributed by atoms with E-state index >= 15 is 0 Å². The average Bonchev–Trinajstić information content (AvgIpc) is 2.82. The molecule has 0 spiro atoms. The maximum Gasteiger partial charge on any atom is 0.269 e. The highest BCUT2D eigenvalue weighted by molar-refractivity contribution is 7.96. The van der Waals surface area contributed by atoms with E-state index in [1.54, 1.807) is 43.2 Å². The lowest BCUT2D eigenvalue weighted by Crippen LogP contribution is -2.47. The van der Waals surface area contributed by atoms with Gasteiger partial charge in [0.1, 0.15) is 17.2 Å². The quantitative estimate of drug-likeness (QED) is 0.397. The van der Waals surface area contributed by atoms with Gasteiger partial charge in [-0.2, -0.15) is 0 Å². The van der Waals surface area contributed by atoms with Gasteiger partial charge in [0.05, 0.1) is 17.4 Å². The summed E-state index contributed by atoms with van der Waals surface area (Å²) in [6.07, 6.45) is 4.65. The van der Waals surface area contributed by atoms with Gasteiger partial charge in [-0.05, 0) is 36.1 Å². The zero-order valence-corrected chi connectivity index (χ0v) is 20.1. The minimum atomic E-state index is -0.310. The molecule has 2 aromatic rings. The van der Waals surface area contributed by atoms with Gasteiger partial charge < -0.3 is 15.0 Å². The number of pyridine rings is 1. The third-order valence-corrected chi connectivity index (χ3v) is 5.74. The predicted octanol–water partition coefficient (Wildman–Crippen LogP) is 2.46. The van der Waals surface area contributed by atoms with E-state index < -0.39 is 0 Å². The molecule has 1 aliphatic rings. The van der Waals surface area contributed by atoms with Crippen molar-refractivity contribution in [3.8, 4) is 11.4 Å². The number of piperazine rings is 1. The normalized spacial score (nSPS) is 16.0. The number of hydrogen-bond donors (Lipinski definition) is 1. The first-order chi connectivity index (χ1) is 15.4. The summed E-state index contributed by atoms with van der Waals surface area (Å²) in [7, 11) is 4.79. The summed E-state index contributed by atoms with van der Waals surface area (Å²) in [5.74, 6) is -0.405. The van der Waals surface area contributed by atoms with E-state index in [4.69, 9.17) is 11.6 Å². The van der Waals surface area contributed by atoms with Crippen LogP contribution in [0.3, 0.4) is 0 Å². The zero-order valence-electron chi connectivity index (χ0n) is 18.5. The van der Waals surface area contributed by atoms with Crippen molar-refractivity contribution in [2.45, 2.75) is 6.04 Å². The minimum absolute atomic E-state index is 0.0675.